The summed E-state index contributed by atoms with van der Waals surface area (Å²) in [5, 5.41) is 2.66. The van der Waals surface area contributed by atoms with E-state index in [1.807, 2.05) is 19.1 Å². The molecule has 0 aliphatic heterocycles. The minimum Gasteiger partial charge on any atom is -0.346 e. The van der Waals surface area contributed by atoms with Crippen molar-refractivity contribution < 1.29 is 9.18 Å². The molecule has 0 spiro atoms. The van der Waals surface area contributed by atoms with E-state index in [9.17, 15) is 9.18 Å². The third-order valence-electron chi connectivity index (χ3n) is 2.65. The molecular weight excluding hydrogens is 231 g/mol. The number of benzene rings is 1. The highest BCUT2D eigenvalue weighted by Crippen LogP contribution is 2.07. The van der Waals surface area contributed by atoms with E-state index in [4.69, 9.17) is 0 Å². The normalized spacial score (nSPS) is 10.1. The molecule has 0 aliphatic carbocycles. The molecular formula is C14H13FN2O. The number of hydrogen-bond acceptors (Lipinski definition) is 2. The van der Waals surface area contributed by atoms with E-state index in [-0.39, 0.29) is 5.56 Å². The van der Waals surface area contributed by atoms with Gasteiger partial charge in [0.05, 0.1) is 17.8 Å². The van der Waals surface area contributed by atoms with Crippen LogP contribution in [-0.2, 0) is 6.54 Å². The minimum absolute atomic E-state index is 0.0473. The summed E-state index contributed by atoms with van der Waals surface area (Å²) in [5.41, 5.74) is 1.82. The molecule has 0 aliphatic rings. The summed E-state index contributed by atoms with van der Waals surface area (Å²) in [6.45, 7) is 2.21. The van der Waals surface area contributed by atoms with E-state index in [0.717, 1.165) is 11.3 Å². The summed E-state index contributed by atoms with van der Waals surface area (Å²) in [5.74, 6) is -0.953. The first-order chi connectivity index (χ1) is 8.68. The van der Waals surface area contributed by atoms with Crippen molar-refractivity contribution in [3.63, 3.8) is 0 Å². The Bertz CT molecular complexity index is 569. The molecule has 1 amide bonds. The second kappa shape index (κ2) is 5.40. The average molecular weight is 244 g/mol. The SMILES string of the molecule is Cc1cccnc1CNC(=O)c1ccccc1F. The van der Waals surface area contributed by atoms with Crippen molar-refractivity contribution in [1.29, 1.82) is 0 Å². The zero-order valence-electron chi connectivity index (χ0n) is 9.98. The van der Waals surface area contributed by atoms with Crippen molar-refractivity contribution in [3.8, 4) is 0 Å². The summed E-state index contributed by atoms with van der Waals surface area (Å²) in [6, 6.07) is 9.64. The van der Waals surface area contributed by atoms with Crippen molar-refractivity contribution in [2.75, 3.05) is 0 Å². The summed E-state index contributed by atoms with van der Waals surface area (Å²) in [7, 11) is 0. The number of nitrogens with zero attached hydrogens (tertiary/aromatic N) is 1. The lowest BCUT2D eigenvalue weighted by molar-refractivity contribution is 0.0946. The lowest BCUT2D eigenvalue weighted by atomic mass is 10.2. The Balaban J connectivity index is 2.06. The van der Waals surface area contributed by atoms with Crippen molar-refractivity contribution in [1.82, 2.24) is 10.3 Å². The zero-order chi connectivity index (χ0) is 13.0. The number of rotatable bonds is 3. The van der Waals surface area contributed by atoms with Gasteiger partial charge in [-0.15, -0.1) is 0 Å². The third kappa shape index (κ3) is 2.71. The van der Waals surface area contributed by atoms with Gasteiger partial charge in [0.2, 0.25) is 0 Å². The Labute approximate surface area is 105 Å². The summed E-state index contributed by atoms with van der Waals surface area (Å²) in [6.07, 6.45) is 1.66. The maximum absolute atomic E-state index is 13.4. The van der Waals surface area contributed by atoms with Gasteiger partial charge in [-0.25, -0.2) is 4.39 Å². The number of aromatic nitrogens is 1. The molecule has 1 aromatic heterocycles. The highest BCUT2D eigenvalue weighted by atomic mass is 19.1. The zero-order valence-corrected chi connectivity index (χ0v) is 9.98. The van der Waals surface area contributed by atoms with Crippen molar-refractivity contribution in [2.45, 2.75) is 13.5 Å². The Morgan fingerprint density at radius 2 is 2.06 bits per heavy atom. The fraction of sp³-hybridized carbons (Fsp3) is 0.143. The van der Waals surface area contributed by atoms with Crippen molar-refractivity contribution in [2.24, 2.45) is 0 Å². The van der Waals surface area contributed by atoms with E-state index in [0.29, 0.717) is 6.54 Å². The van der Waals surface area contributed by atoms with Gasteiger partial charge in [0.25, 0.3) is 5.91 Å². The Kier molecular flexibility index (Phi) is 3.67. The van der Waals surface area contributed by atoms with Crippen LogP contribution in [0.15, 0.2) is 42.6 Å². The van der Waals surface area contributed by atoms with E-state index in [1.54, 1.807) is 18.3 Å². The number of halogens is 1. The van der Waals surface area contributed by atoms with E-state index in [2.05, 4.69) is 10.3 Å². The number of carbonyl (C=O) groups is 1. The number of hydrogen-bond donors (Lipinski definition) is 1. The highest BCUT2D eigenvalue weighted by Gasteiger charge is 2.10. The fourth-order valence-electron chi connectivity index (χ4n) is 1.61. The first-order valence-corrected chi connectivity index (χ1v) is 5.61. The Hall–Kier alpha value is -2.23. The molecule has 1 heterocycles. The van der Waals surface area contributed by atoms with Crippen LogP contribution in [0.3, 0.4) is 0 Å². The van der Waals surface area contributed by atoms with Gasteiger partial charge in [-0.05, 0) is 30.7 Å². The molecule has 3 nitrogen and oxygen atoms in total. The second-order valence-electron chi connectivity index (χ2n) is 3.93. The van der Waals surface area contributed by atoms with Crippen LogP contribution in [0.2, 0.25) is 0 Å². The van der Waals surface area contributed by atoms with Gasteiger partial charge in [-0.1, -0.05) is 18.2 Å². The summed E-state index contributed by atoms with van der Waals surface area (Å²) in [4.78, 5) is 15.9. The molecule has 0 fully saturated rings. The van der Waals surface area contributed by atoms with Gasteiger partial charge in [0.1, 0.15) is 5.82 Å². The summed E-state index contributed by atoms with van der Waals surface area (Å²) >= 11 is 0. The van der Waals surface area contributed by atoms with Crippen LogP contribution in [0.4, 0.5) is 4.39 Å². The Morgan fingerprint density at radius 1 is 1.28 bits per heavy atom. The van der Waals surface area contributed by atoms with E-state index in [1.165, 1.54) is 12.1 Å². The molecule has 0 saturated carbocycles. The molecule has 1 aromatic carbocycles. The van der Waals surface area contributed by atoms with Gasteiger partial charge in [-0.2, -0.15) is 0 Å². The second-order valence-corrected chi connectivity index (χ2v) is 3.93. The number of amides is 1. The molecule has 0 atom stereocenters. The smallest absolute Gasteiger partial charge is 0.254 e. The van der Waals surface area contributed by atoms with Gasteiger partial charge < -0.3 is 5.32 Å². The molecule has 1 N–H and O–H groups in total. The van der Waals surface area contributed by atoms with Gasteiger partial charge in [-0.3, -0.25) is 9.78 Å². The summed E-state index contributed by atoms with van der Waals surface area (Å²) < 4.78 is 13.4. The predicted octanol–water partition coefficient (Wildman–Crippen LogP) is 2.46. The van der Waals surface area contributed by atoms with Crippen LogP contribution >= 0.6 is 0 Å². The maximum Gasteiger partial charge on any atom is 0.254 e. The molecule has 0 unspecified atom stereocenters. The number of pyridine rings is 1. The molecule has 2 aromatic rings. The third-order valence-corrected chi connectivity index (χ3v) is 2.65. The van der Waals surface area contributed by atoms with Crippen LogP contribution in [0, 0.1) is 12.7 Å². The number of carbonyl (C=O) groups excluding carboxylic acids is 1. The Morgan fingerprint density at radius 3 is 2.78 bits per heavy atom. The molecule has 4 heteroatoms. The standard InChI is InChI=1S/C14H13FN2O/c1-10-5-4-8-16-13(10)9-17-14(18)11-6-2-3-7-12(11)15/h2-8H,9H2,1H3,(H,17,18). The molecule has 92 valence electrons. The lowest BCUT2D eigenvalue weighted by Crippen LogP contribution is -2.24. The van der Waals surface area contributed by atoms with Crippen LogP contribution in [0.1, 0.15) is 21.6 Å². The molecule has 18 heavy (non-hydrogen) atoms. The number of aryl methyl sites for hydroxylation is 1. The van der Waals surface area contributed by atoms with Crippen molar-refractivity contribution in [3.05, 3.63) is 65.2 Å². The topological polar surface area (TPSA) is 42.0 Å². The molecule has 0 bridgehead atoms. The number of nitrogens with one attached hydrogen (secondary N) is 1. The van der Waals surface area contributed by atoms with Gasteiger partial charge >= 0.3 is 0 Å². The monoisotopic (exact) mass is 244 g/mol. The van der Waals surface area contributed by atoms with E-state index >= 15 is 0 Å². The van der Waals surface area contributed by atoms with Gasteiger partial charge in [0.15, 0.2) is 0 Å². The van der Waals surface area contributed by atoms with Crippen LogP contribution in [0.5, 0.6) is 0 Å². The van der Waals surface area contributed by atoms with Crippen LogP contribution < -0.4 is 5.32 Å². The van der Waals surface area contributed by atoms with Crippen molar-refractivity contribution >= 4 is 5.91 Å². The van der Waals surface area contributed by atoms with Gasteiger partial charge in [0, 0.05) is 6.20 Å². The average Bonchev–Trinajstić information content (AvgIpc) is 2.38. The van der Waals surface area contributed by atoms with Crippen LogP contribution in [-0.4, -0.2) is 10.9 Å². The molecule has 0 radical (unpaired) electrons. The largest absolute Gasteiger partial charge is 0.346 e. The van der Waals surface area contributed by atoms with Crippen LogP contribution in [0.25, 0.3) is 0 Å². The van der Waals surface area contributed by atoms with E-state index < -0.39 is 11.7 Å². The quantitative estimate of drug-likeness (QED) is 0.901. The maximum atomic E-state index is 13.4. The molecule has 0 saturated heterocycles. The predicted molar refractivity (Wildman–Crippen MR) is 66.5 cm³/mol. The lowest BCUT2D eigenvalue weighted by Gasteiger charge is -2.07. The first-order valence-electron chi connectivity index (χ1n) is 5.61. The fourth-order valence-corrected chi connectivity index (χ4v) is 1.61. The highest BCUT2D eigenvalue weighted by molar-refractivity contribution is 5.94. The minimum atomic E-state index is -0.521. The first kappa shape index (κ1) is 12.2. The molecule has 2 rings (SSSR count).